The molecule has 106 valence electrons. The molecule has 7 heteroatoms. The Morgan fingerprint density at radius 3 is 2.80 bits per heavy atom. The van der Waals surface area contributed by atoms with Gasteiger partial charge in [-0.3, -0.25) is 9.69 Å². The minimum atomic E-state index is -0.442. The van der Waals surface area contributed by atoms with Gasteiger partial charge in [-0.1, -0.05) is 6.07 Å². The van der Waals surface area contributed by atoms with E-state index in [-0.39, 0.29) is 18.6 Å². The maximum absolute atomic E-state index is 12.2. The van der Waals surface area contributed by atoms with Gasteiger partial charge >= 0.3 is 5.69 Å². The Bertz CT molecular complexity index is 682. The van der Waals surface area contributed by atoms with Crippen molar-refractivity contribution in [1.29, 1.82) is 0 Å². The molecule has 0 unspecified atom stereocenters. The standard InChI is InChI=1S/C13H16N4O3/c18-10-4-7-15(8-5-10)9-12(19)17-13(20)16-6-2-1-3-11(16)14-17/h1-3,6,10,18H,4-5,7-9H2. The van der Waals surface area contributed by atoms with E-state index in [2.05, 4.69) is 5.10 Å². The Labute approximate surface area is 115 Å². The number of carbonyl (C=O) groups is 1. The number of likely N-dealkylation sites (tertiary alicyclic amines) is 1. The average molecular weight is 276 g/mol. The normalized spacial score (nSPS) is 17.6. The summed E-state index contributed by atoms with van der Waals surface area (Å²) in [6.45, 7) is 1.47. The minimum Gasteiger partial charge on any atom is -0.393 e. The summed E-state index contributed by atoms with van der Waals surface area (Å²) in [5.41, 5.74) is 0.0163. The molecule has 3 heterocycles. The number of aliphatic hydroxyl groups is 1. The molecule has 7 nitrogen and oxygen atoms in total. The van der Waals surface area contributed by atoms with Gasteiger partial charge in [0.05, 0.1) is 12.6 Å². The van der Waals surface area contributed by atoms with Crippen LogP contribution in [0, 0.1) is 0 Å². The van der Waals surface area contributed by atoms with Crippen molar-refractivity contribution in [2.24, 2.45) is 0 Å². The highest BCUT2D eigenvalue weighted by Gasteiger charge is 2.21. The number of piperidine rings is 1. The van der Waals surface area contributed by atoms with E-state index in [1.807, 2.05) is 4.90 Å². The van der Waals surface area contributed by atoms with Gasteiger partial charge in [0.15, 0.2) is 5.65 Å². The molecule has 0 bridgehead atoms. The lowest BCUT2D eigenvalue weighted by Gasteiger charge is -2.28. The fraction of sp³-hybridized carbons (Fsp3) is 0.462. The molecular weight excluding hydrogens is 260 g/mol. The van der Waals surface area contributed by atoms with Crippen LogP contribution >= 0.6 is 0 Å². The van der Waals surface area contributed by atoms with Gasteiger partial charge in [-0.25, -0.2) is 9.20 Å². The molecule has 1 aliphatic heterocycles. The molecule has 20 heavy (non-hydrogen) atoms. The highest BCUT2D eigenvalue weighted by Crippen LogP contribution is 2.09. The summed E-state index contributed by atoms with van der Waals surface area (Å²) >= 11 is 0. The van der Waals surface area contributed by atoms with Crippen LogP contribution in [-0.2, 0) is 0 Å². The van der Waals surface area contributed by atoms with Gasteiger partial charge in [0.25, 0.3) is 5.91 Å². The second kappa shape index (κ2) is 5.18. The second-order valence-electron chi connectivity index (χ2n) is 5.02. The van der Waals surface area contributed by atoms with Crippen molar-refractivity contribution in [3.05, 3.63) is 34.9 Å². The second-order valence-corrected chi connectivity index (χ2v) is 5.02. The van der Waals surface area contributed by atoms with Crippen molar-refractivity contribution < 1.29 is 9.90 Å². The minimum absolute atomic E-state index is 0.149. The first-order valence-corrected chi connectivity index (χ1v) is 6.65. The van der Waals surface area contributed by atoms with Crippen molar-refractivity contribution in [3.63, 3.8) is 0 Å². The summed E-state index contributed by atoms with van der Waals surface area (Å²) in [5.74, 6) is -0.338. The maximum Gasteiger partial charge on any atom is 0.357 e. The molecule has 0 aliphatic carbocycles. The molecule has 1 aliphatic rings. The molecular formula is C13H16N4O3. The molecule has 1 fully saturated rings. The van der Waals surface area contributed by atoms with Crippen LogP contribution in [0.15, 0.2) is 29.2 Å². The predicted octanol–water partition coefficient (Wildman–Crippen LogP) is -0.407. The van der Waals surface area contributed by atoms with Crippen LogP contribution in [0.1, 0.15) is 17.6 Å². The highest BCUT2D eigenvalue weighted by molar-refractivity contribution is 5.80. The zero-order valence-electron chi connectivity index (χ0n) is 11.0. The van der Waals surface area contributed by atoms with E-state index in [1.165, 1.54) is 4.40 Å². The fourth-order valence-corrected chi connectivity index (χ4v) is 2.42. The number of rotatable bonds is 2. The van der Waals surface area contributed by atoms with E-state index in [9.17, 15) is 14.7 Å². The van der Waals surface area contributed by atoms with E-state index in [0.29, 0.717) is 31.6 Å². The predicted molar refractivity (Wildman–Crippen MR) is 71.8 cm³/mol. The van der Waals surface area contributed by atoms with E-state index < -0.39 is 5.69 Å². The molecule has 3 rings (SSSR count). The first-order valence-electron chi connectivity index (χ1n) is 6.65. The van der Waals surface area contributed by atoms with E-state index >= 15 is 0 Å². The van der Waals surface area contributed by atoms with Crippen LogP contribution in [0.2, 0.25) is 0 Å². The molecule has 0 atom stereocenters. The zero-order valence-corrected chi connectivity index (χ0v) is 11.0. The Morgan fingerprint density at radius 1 is 1.35 bits per heavy atom. The summed E-state index contributed by atoms with van der Waals surface area (Å²) in [6.07, 6.45) is 2.63. The third-order valence-corrected chi connectivity index (χ3v) is 3.58. The SMILES string of the molecule is O=C(CN1CCC(O)CC1)n1nc2ccccn2c1=O. The third kappa shape index (κ3) is 2.37. The van der Waals surface area contributed by atoms with Crippen LogP contribution in [-0.4, -0.2) is 55.8 Å². The van der Waals surface area contributed by atoms with Crippen molar-refractivity contribution >= 4 is 11.6 Å². The van der Waals surface area contributed by atoms with Gasteiger partial charge in [-0.05, 0) is 25.0 Å². The Hall–Kier alpha value is -1.99. The van der Waals surface area contributed by atoms with Gasteiger partial charge in [-0.2, -0.15) is 0 Å². The summed E-state index contributed by atoms with van der Waals surface area (Å²) in [6, 6.07) is 5.17. The largest absolute Gasteiger partial charge is 0.393 e. The van der Waals surface area contributed by atoms with Crippen LogP contribution in [0.25, 0.3) is 5.65 Å². The maximum atomic E-state index is 12.2. The molecule has 1 saturated heterocycles. The monoisotopic (exact) mass is 276 g/mol. The topological polar surface area (TPSA) is 79.8 Å². The van der Waals surface area contributed by atoms with Gasteiger partial charge in [0.2, 0.25) is 0 Å². The van der Waals surface area contributed by atoms with Crippen LogP contribution in [0.5, 0.6) is 0 Å². The molecule has 2 aromatic rings. The van der Waals surface area contributed by atoms with Crippen LogP contribution in [0.4, 0.5) is 0 Å². The number of aromatic nitrogens is 3. The van der Waals surface area contributed by atoms with E-state index in [1.54, 1.807) is 24.4 Å². The lowest BCUT2D eigenvalue weighted by molar-refractivity contribution is 0.0647. The zero-order chi connectivity index (χ0) is 14.1. The van der Waals surface area contributed by atoms with Gasteiger partial charge < -0.3 is 5.11 Å². The molecule has 2 aromatic heterocycles. The summed E-state index contributed by atoms with van der Waals surface area (Å²) in [7, 11) is 0. The molecule has 0 amide bonds. The number of fused-ring (bicyclic) bond motifs is 1. The Morgan fingerprint density at radius 2 is 2.10 bits per heavy atom. The van der Waals surface area contributed by atoms with E-state index in [0.717, 1.165) is 4.68 Å². The van der Waals surface area contributed by atoms with Crippen molar-refractivity contribution in [1.82, 2.24) is 19.1 Å². The number of pyridine rings is 1. The average Bonchev–Trinajstić information content (AvgIpc) is 2.79. The smallest absolute Gasteiger partial charge is 0.357 e. The number of hydrogen-bond acceptors (Lipinski definition) is 5. The van der Waals surface area contributed by atoms with Crippen molar-refractivity contribution in [3.8, 4) is 0 Å². The molecule has 0 radical (unpaired) electrons. The Balaban J connectivity index is 1.79. The number of nitrogens with zero attached hydrogens (tertiary/aromatic N) is 4. The van der Waals surface area contributed by atoms with Gasteiger partial charge in [-0.15, -0.1) is 9.78 Å². The molecule has 0 spiro atoms. The van der Waals surface area contributed by atoms with Crippen LogP contribution in [0.3, 0.4) is 0 Å². The first kappa shape index (κ1) is 13.0. The molecule has 0 aromatic carbocycles. The highest BCUT2D eigenvalue weighted by atomic mass is 16.3. The fourth-order valence-electron chi connectivity index (χ4n) is 2.42. The summed E-state index contributed by atoms with van der Waals surface area (Å²) in [5, 5.41) is 13.5. The van der Waals surface area contributed by atoms with Gasteiger partial charge in [0, 0.05) is 19.3 Å². The van der Waals surface area contributed by atoms with Crippen molar-refractivity contribution in [2.75, 3.05) is 19.6 Å². The summed E-state index contributed by atoms with van der Waals surface area (Å²) in [4.78, 5) is 26.2. The first-order chi connectivity index (χ1) is 9.65. The van der Waals surface area contributed by atoms with E-state index in [4.69, 9.17) is 0 Å². The summed E-state index contributed by atoms with van der Waals surface area (Å²) < 4.78 is 2.26. The molecule has 1 N–H and O–H groups in total. The number of aliphatic hydroxyl groups excluding tert-OH is 1. The van der Waals surface area contributed by atoms with Gasteiger partial charge in [0.1, 0.15) is 0 Å². The number of hydrogen-bond donors (Lipinski definition) is 1. The lowest BCUT2D eigenvalue weighted by Crippen LogP contribution is -2.42. The van der Waals surface area contributed by atoms with Crippen LogP contribution < -0.4 is 5.69 Å². The lowest BCUT2D eigenvalue weighted by atomic mass is 10.1. The third-order valence-electron chi connectivity index (χ3n) is 3.58. The quantitative estimate of drug-likeness (QED) is 0.807. The molecule has 0 saturated carbocycles. The number of carbonyl (C=O) groups excluding carboxylic acids is 1. The Kier molecular flexibility index (Phi) is 3.37. The van der Waals surface area contributed by atoms with Crippen molar-refractivity contribution in [2.45, 2.75) is 18.9 Å².